The van der Waals surface area contributed by atoms with Crippen LogP contribution in [0.25, 0.3) is 22.0 Å². The molecule has 2 heterocycles. The number of fused-ring (bicyclic) bond motifs is 1. The number of pyridine rings is 1. The highest BCUT2D eigenvalue weighted by Gasteiger charge is 2.43. The van der Waals surface area contributed by atoms with Crippen LogP contribution in [0.5, 0.6) is 0 Å². The second kappa shape index (κ2) is 6.98. The van der Waals surface area contributed by atoms with E-state index < -0.39 is 27.0 Å². The summed E-state index contributed by atoms with van der Waals surface area (Å²) in [6, 6.07) is 7.10. The highest BCUT2D eigenvalue weighted by Crippen LogP contribution is 2.61. The lowest BCUT2D eigenvalue weighted by molar-refractivity contribution is 0.338. The molecule has 0 spiro atoms. The number of hydrogen-bond acceptors (Lipinski definition) is 4. The van der Waals surface area contributed by atoms with Crippen LogP contribution in [0.1, 0.15) is 5.56 Å². The molecule has 0 fully saturated rings. The molecular formula is C14H14BrN3O6P2. The van der Waals surface area contributed by atoms with Crippen molar-refractivity contribution < 1.29 is 28.7 Å². The number of benzene rings is 1. The van der Waals surface area contributed by atoms with E-state index >= 15 is 0 Å². The maximum absolute atomic E-state index is 11.5. The Bertz CT molecular complexity index is 1040. The third-order valence-corrected chi connectivity index (χ3v) is 8.30. The topological polar surface area (TPSA) is 157 Å². The highest BCUT2D eigenvalue weighted by molar-refractivity contribution is 9.10. The fraction of sp³-hybridized carbons (Fsp3) is 0.143. The Morgan fingerprint density at radius 2 is 1.73 bits per heavy atom. The van der Waals surface area contributed by atoms with Gasteiger partial charge in [0.25, 0.3) is 0 Å². The minimum absolute atomic E-state index is 0.262. The molecule has 2 aromatic heterocycles. The molecule has 12 heteroatoms. The zero-order valence-electron chi connectivity index (χ0n) is 13.0. The third-order valence-electron chi connectivity index (χ3n) is 3.86. The van der Waals surface area contributed by atoms with Gasteiger partial charge in [0.2, 0.25) is 0 Å². The van der Waals surface area contributed by atoms with Crippen molar-refractivity contribution in [2.24, 2.45) is 0 Å². The van der Waals surface area contributed by atoms with Crippen molar-refractivity contribution in [3.05, 3.63) is 46.8 Å². The predicted molar refractivity (Wildman–Crippen MR) is 98.6 cm³/mol. The van der Waals surface area contributed by atoms with Crippen molar-refractivity contribution in [1.82, 2.24) is 15.2 Å². The van der Waals surface area contributed by atoms with E-state index in [0.717, 1.165) is 16.5 Å². The van der Waals surface area contributed by atoms with Crippen LogP contribution >= 0.6 is 31.1 Å². The van der Waals surface area contributed by atoms with Gasteiger partial charge in [-0.05, 0) is 45.3 Å². The van der Waals surface area contributed by atoms with Crippen LogP contribution in [0.4, 0.5) is 0 Å². The molecule has 1 aromatic carbocycles. The molecule has 9 nitrogen and oxygen atoms in total. The predicted octanol–water partition coefficient (Wildman–Crippen LogP) is 2.61. The van der Waals surface area contributed by atoms with Gasteiger partial charge in [0.1, 0.15) is 4.60 Å². The first kappa shape index (κ1) is 19.4. The Kier molecular flexibility index (Phi) is 5.20. The number of aromatic amines is 1. The Hall–Kier alpha value is -1.38. The Morgan fingerprint density at radius 3 is 2.38 bits per heavy atom. The molecule has 0 aliphatic rings. The normalized spacial score (nSPS) is 12.8. The van der Waals surface area contributed by atoms with E-state index in [0.29, 0.717) is 5.56 Å². The fourth-order valence-electron chi connectivity index (χ4n) is 2.55. The lowest BCUT2D eigenvalue weighted by Gasteiger charge is -2.20. The van der Waals surface area contributed by atoms with Crippen molar-refractivity contribution in [2.45, 2.75) is 11.8 Å². The summed E-state index contributed by atoms with van der Waals surface area (Å²) in [7, 11) is -10.0. The first-order valence-electron chi connectivity index (χ1n) is 7.24. The van der Waals surface area contributed by atoms with E-state index in [1.807, 2.05) is 18.2 Å². The van der Waals surface area contributed by atoms with Crippen LogP contribution < -0.4 is 0 Å². The number of aromatic nitrogens is 3. The van der Waals surface area contributed by atoms with E-state index in [-0.39, 0.29) is 10.2 Å². The van der Waals surface area contributed by atoms with Gasteiger partial charge in [-0.15, -0.1) is 0 Å². The zero-order chi connectivity index (χ0) is 19.1. The smallest absolute Gasteiger partial charge is 0.324 e. The van der Waals surface area contributed by atoms with Crippen molar-refractivity contribution in [1.29, 1.82) is 0 Å². The van der Waals surface area contributed by atoms with Gasteiger partial charge < -0.3 is 19.6 Å². The lowest BCUT2D eigenvalue weighted by Crippen LogP contribution is -2.13. The van der Waals surface area contributed by atoms with Crippen molar-refractivity contribution in [3.63, 3.8) is 0 Å². The first-order valence-corrected chi connectivity index (χ1v) is 11.4. The number of nitrogens with zero attached hydrogens (tertiary/aromatic N) is 2. The Morgan fingerprint density at radius 1 is 1.04 bits per heavy atom. The Balaban J connectivity index is 2.02. The molecule has 0 radical (unpaired) electrons. The van der Waals surface area contributed by atoms with E-state index in [1.165, 1.54) is 0 Å². The van der Waals surface area contributed by atoms with Gasteiger partial charge in [-0.1, -0.05) is 6.07 Å². The average molecular weight is 462 g/mol. The molecule has 0 bridgehead atoms. The third kappa shape index (κ3) is 4.13. The van der Waals surface area contributed by atoms with Crippen LogP contribution in [-0.2, 0) is 15.6 Å². The van der Waals surface area contributed by atoms with E-state index in [4.69, 9.17) is 0 Å². The van der Waals surface area contributed by atoms with Gasteiger partial charge in [-0.3, -0.25) is 14.2 Å². The summed E-state index contributed by atoms with van der Waals surface area (Å²) in [6.07, 6.45) is 2.69. The van der Waals surface area contributed by atoms with Gasteiger partial charge in [0.15, 0.2) is 5.40 Å². The monoisotopic (exact) mass is 461 g/mol. The molecule has 3 rings (SSSR count). The minimum atomic E-state index is -5.02. The van der Waals surface area contributed by atoms with Gasteiger partial charge in [0, 0.05) is 23.6 Å². The number of H-pyrrole nitrogens is 1. The number of nitrogens with one attached hydrogen (secondary N) is 1. The minimum Gasteiger partial charge on any atom is -0.324 e. The molecule has 0 saturated carbocycles. The largest absolute Gasteiger partial charge is 0.341 e. The van der Waals surface area contributed by atoms with Crippen LogP contribution in [0.3, 0.4) is 0 Å². The van der Waals surface area contributed by atoms with Crippen LogP contribution in [0.2, 0.25) is 0 Å². The molecular weight excluding hydrogens is 448 g/mol. The fourth-order valence-corrected chi connectivity index (χ4v) is 5.36. The highest BCUT2D eigenvalue weighted by atomic mass is 79.9. The number of halogens is 1. The maximum atomic E-state index is 11.5. The standard InChI is InChI=1S/C14H14BrN3O6P2/c15-14-9(5-13(25(19,20)21)26(22,23)24)4-10(6-16-14)8-1-2-12-11(3-8)7-17-18-12/h1-4,6-7,13H,5H2,(H,17,18)(H2,19,20,21)(H2,22,23,24). The van der Waals surface area contributed by atoms with E-state index in [9.17, 15) is 28.7 Å². The summed E-state index contributed by atoms with van der Waals surface area (Å²) >= 11 is 3.17. The summed E-state index contributed by atoms with van der Waals surface area (Å²) in [6.45, 7) is 0. The van der Waals surface area contributed by atoms with E-state index in [2.05, 4.69) is 31.1 Å². The quantitative estimate of drug-likeness (QED) is 0.286. The van der Waals surface area contributed by atoms with Crippen molar-refractivity contribution >= 4 is 42.0 Å². The van der Waals surface area contributed by atoms with Crippen LogP contribution in [0.15, 0.2) is 41.3 Å². The molecule has 0 aliphatic heterocycles. The number of rotatable bonds is 5. The number of hydrogen-bond donors (Lipinski definition) is 5. The van der Waals surface area contributed by atoms with E-state index in [1.54, 1.807) is 18.5 Å². The molecule has 138 valence electrons. The van der Waals surface area contributed by atoms with Gasteiger partial charge >= 0.3 is 15.2 Å². The van der Waals surface area contributed by atoms with Crippen LogP contribution in [-0.4, -0.2) is 40.2 Å². The molecule has 0 saturated heterocycles. The lowest BCUT2D eigenvalue weighted by atomic mass is 10.0. The van der Waals surface area contributed by atoms with Crippen LogP contribution in [0, 0.1) is 0 Å². The molecule has 0 aliphatic carbocycles. The molecule has 5 N–H and O–H groups in total. The summed E-state index contributed by atoms with van der Waals surface area (Å²) < 4.78 is 23.3. The summed E-state index contributed by atoms with van der Waals surface area (Å²) in [5.41, 5.74) is 2.55. The molecule has 0 atom stereocenters. The zero-order valence-corrected chi connectivity index (χ0v) is 16.4. The SMILES string of the molecule is O=P(O)(O)C(Cc1cc(-c2ccc3[nH]ncc3c2)cnc1Br)P(=O)(O)O. The second-order valence-corrected chi connectivity index (χ2v) is 10.5. The summed E-state index contributed by atoms with van der Waals surface area (Å²) in [5, 5.41) is 5.52. The first-order chi connectivity index (χ1) is 12.1. The van der Waals surface area contributed by atoms with Gasteiger partial charge in [0.05, 0.1) is 11.7 Å². The van der Waals surface area contributed by atoms with Gasteiger partial charge in [-0.25, -0.2) is 4.98 Å². The molecule has 3 aromatic rings. The Labute approximate surface area is 155 Å². The van der Waals surface area contributed by atoms with Gasteiger partial charge in [-0.2, -0.15) is 5.10 Å². The second-order valence-electron chi connectivity index (χ2n) is 5.71. The summed E-state index contributed by atoms with van der Waals surface area (Å²) in [5.74, 6) is 0. The summed E-state index contributed by atoms with van der Waals surface area (Å²) in [4.78, 5) is 41.4. The average Bonchev–Trinajstić information content (AvgIpc) is 2.99. The molecule has 26 heavy (non-hydrogen) atoms. The molecule has 0 amide bonds. The molecule has 0 unspecified atom stereocenters. The maximum Gasteiger partial charge on any atom is 0.341 e. The van der Waals surface area contributed by atoms with Crippen molar-refractivity contribution in [3.8, 4) is 11.1 Å². The van der Waals surface area contributed by atoms with Crippen molar-refractivity contribution in [2.75, 3.05) is 0 Å².